The Morgan fingerprint density at radius 2 is 1.24 bits per heavy atom. The molecule has 0 aliphatic heterocycles. The second kappa shape index (κ2) is 4.85. The molecule has 4 aromatic carbocycles. The Labute approximate surface area is 122 Å². The summed E-state index contributed by atoms with van der Waals surface area (Å²) in [6.45, 7) is -0.323. The summed E-state index contributed by atoms with van der Waals surface area (Å²) in [4.78, 5) is 0. The molecule has 0 saturated heterocycles. The van der Waals surface area contributed by atoms with E-state index in [0.717, 1.165) is 10.9 Å². The third-order valence-electron chi connectivity index (χ3n) is 4.18. The van der Waals surface area contributed by atoms with Crippen molar-refractivity contribution in [2.24, 2.45) is 0 Å². The molecule has 0 spiro atoms. The molecule has 0 aromatic heterocycles. The molecule has 0 N–H and O–H groups in total. The van der Waals surface area contributed by atoms with Crippen LogP contribution >= 0.6 is 0 Å². The zero-order chi connectivity index (χ0) is 14.2. The summed E-state index contributed by atoms with van der Waals surface area (Å²) < 4.78 is 13.0. The van der Waals surface area contributed by atoms with Gasteiger partial charge in [-0.05, 0) is 56.1 Å². The van der Waals surface area contributed by atoms with Crippen LogP contribution in [0.5, 0.6) is 0 Å². The van der Waals surface area contributed by atoms with Crippen molar-refractivity contribution in [3.05, 3.63) is 72.3 Å². The fourth-order valence-electron chi connectivity index (χ4n) is 3.21. The van der Waals surface area contributed by atoms with Gasteiger partial charge in [0.25, 0.3) is 0 Å². The van der Waals surface area contributed by atoms with Crippen LogP contribution in [0.4, 0.5) is 4.39 Å². The molecule has 0 unspecified atom stereocenters. The van der Waals surface area contributed by atoms with Gasteiger partial charge < -0.3 is 0 Å². The van der Waals surface area contributed by atoms with Gasteiger partial charge in [0.2, 0.25) is 0 Å². The minimum atomic E-state index is -0.323. The largest absolute Gasteiger partial charge is 0.251 e. The maximum absolute atomic E-state index is 13.0. The van der Waals surface area contributed by atoms with Gasteiger partial charge in [0.1, 0.15) is 0 Å². The van der Waals surface area contributed by atoms with E-state index in [1.54, 1.807) is 0 Å². The fourth-order valence-corrected chi connectivity index (χ4v) is 3.21. The van der Waals surface area contributed by atoms with Crippen LogP contribution in [0, 0.1) is 0 Å². The molecule has 4 rings (SSSR count). The van der Waals surface area contributed by atoms with Gasteiger partial charge in [0.15, 0.2) is 0 Å². The quantitative estimate of drug-likeness (QED) is 0.414. The van der Waals surface area contributed by atoms with Gasteiger partial charge in [0.05, 0.1) is 6.67 Å². The summed E-state index contributed by atoms with van der Waals surface area (Å²) in [6.07, 6.45) is 0.468. The van der Waals surface area contributed by atoms with E-state index < -0.39 is 0 Å². The number of aryl methyl sites for hydroxylation is 1. The Morgan fingerprint density at radius 1 is 0.619 bits per heavy atom. The Morgan fingerprint density at radius 3 is 2.00 bits per heavy atom. The van der Waals surface area contributed by atoms with Gasteiger partial charge in [-0.15, -0.1) is 0 Å². The SMILES string of the molecule is FCCc1c2ccccc2cc2cc3ccccc3cc12. The summed E-state index contributed by atoms with van der Waals surface area (Å²) in [6, 6.07) is 23.2. The zero-order valence-corrected chi connectivity index (χ0v) is 11.6. The van der Waals surface area contributed by atoms with E-state index in [9.17, 15) is 4.39 Å². The smallest absolute Gasteiger partial charge is 0.0935 e. The van der Waals surface area contributed by atoms with Crippen LogP contribution in [0.15, 0.2) is 66.7 Å². The molecular formula is C20H15F. The van der Waals surface area contributed by atoms with Crippen LogP contribution in [-0.2, 0) is 6.42 Å². The third kappa shape index (κ3) is 1.97. The first-order valence-corrected chi connectivity index (χ1v) is 7.26. The molecule has 21 heavy (non-hydrogen) atoms. The van der Waals surface area contributed by atoms with E-state index >= 15 is 0 Å². The number of benzene rings is 4. The van der Waals surface area contributed by atoms with Crippen LogP contribution in [0.1, 0.15) is 5.56 Å². The van der Waals surface area contributed by atoms with E-state index in [1.807, 2.05) is 18.2 Å². The van der Waals surface area contributed by atoms with Crippen molar-refractivity contribution < 1.29 is 4.39 Å². The first-order valence-electron chi connectivity index (χ1n) is 7.26. The Kier molecular flexibility index (Phi) is 2.85. The van der Waals surface area contributed by atoms with Crippen molar-refractivity contribution in [1.82, 2.24) is 0 Å². The predicted molar refractivity (Wildman–Crippen MR) is 88.6 cm³/mol. The molecule has 4 aromatic rings. The van der Waals surface area contributed by atoms with Crippen LogP contribution in [0.3, 0.4) is 0 Å². The third-order valence-corrected chi connectivity index (χ3v) is 4.18. The average Bonchev–Trinajstić information content (AvgIpc) is 2.53. The Balaban J connectivity index is 2.19. The molecule has 0 heterocycles. The van der Waals surface area contributed by atoms with Gasteiger partial charge in [-0.1, -0.05) is 48.5 Å². The molecule has 102 valence electrons. The van der Waals surface area contributed by atoms with Gasteiger partial charge in [0, 0.05) is 6.42 Å². The van der Waals surface area contributed by atoms with Crippen molar-refractivity contribution in [2.75, 3.05) is 6.67 Å². The highest BCUT2D eigenvalue weighted by atomic mass is 19.1. The number of hydrogen-bond acceptors (Lipinski definition) is 0. The molecule has 0 atom stereocenters. The normalized spacial score (nSPS) is 11.5. The molecule has 1 heteroatoms. The lowest BCUT2D eigenvalue weighted by Gasteiger charge is -2.11. The highest BCUT2D eigenvalue weighted by Crippen LogP contribution is 2.32. The average molecular weight is 274 g/mol. The fraction of sp³-hybridized carbons (Fsp3) is 0.100. The van der Waals surface area contributed by atoms with Gasteiger partial charge in [-0.25, -0.2) is 0 Å². The van der Waals surface area contributed by atoms with Gasteiger partial charge >= 0.3 is 0 Å². The van der Waals surface area contributed by atoms with Crippen molar-refractivity contribution >= 4 is 32.3 Å². The first-order chi connectivity index (χ1) is 10.4. The molecule has 0 amide bonds. The molecule has 0 bridgehead atoms. The first kappa shape index (κ1) is 12.3. The van der Waals surface area contributed by atoms with Crippen LogP contribution in [0.25, 0.3) is 32.3 Å². The second-order valence-electron chi connectivity index (χ2n) is 5.44. The van der Waals surface area contributed by atoms with E-state index in [2.05, 4.69) is 48.5 Å². The van der Waals surface area contributed by atoms with Crippen molar-refractivity contribution in [3.8, 4) is 0 Å². The van der Waals surface area contributed by atoms with E-state index in [1.165, 1.54) is 26.9 Å². The van der Waals surface area contributed by atoms with E-state index in [0.29, 0.717) is 6.42 Å². The minimum Gasteiger partial charge on any atom is -0.251 e. The lowest BCUT2D eigenvalue weighted by Crippen LogP contribution is -1.92. The monoisotopic (exact) mass is 274 g/mol. The molecule has 0 aliphatic carbocycles. The summed E-state index contributed by atoms with van der Waals surface area (Å²) in [5.41, 5.74) is 1.12. The van der Waals surface area contributed by atoms with E-state index in [-0.39, 0.29) is 6.67 Å². The minimum absolute atomic E-state index is 0.323. The maximum Gasteiger partial charge on any atom is 0.0935 e. The number of rotatable bonds is 2. The molecule has 0 fully saturated rings. The summed E-state index contributed by atoms with van der Waals surface area (Å²) in [5.74, 6) is 0. The van der Waals surface area contributed by atoms with Crippen molar-refractivity contribution in [3.63, 3.8) is 0 Å². The van der Waals surface area contributed by atoms with Crippen molar-refractivity contribution in [1.29, 1.82) is 0 Å². The second-order valence-corrected chi connectivity index (χ2v) is 5.44. The lowest BCUT2D eigenvalue weighted by atomic mass is 9.93. The van der Waals surface area contributed by atoms with Crippen LogP contribution < -0.4 is 0 Å². The molecule has 0 radical (unpaired) electrons. The van der Waals surface area contributed by atoms with E-state index in [4.69, 9.17) is 0 Å². The molecule has 0 nitrogen and oxygen atoms in total. The van der Waals surface area contributed by atoms with Gasteiger partial charge in [-0.3, -0.25) is 4.39 Å². The molecule has 0 aliphatic rings. The Bertz CT molecular complexity index is 948. The molecule has 0 saturated carbocycles. The lowest BCUT2D eigenvalue weighted by molar-refractivity contribution is 0.497. The standard InChI is InChI=1S/C20H15F/c21-10-9-19-18-8-4-3-7-16(18)12-17-11-14-5-1-2-6-15(14)13-20(17)19/h1-8,11-13H,9-10H2. The number of alkyl halides is 1. The Hall–Kier alpha value is -2.41. The number of hydrogen-bond donors (Lipinski definition) is 0. The van der Waals surface area contributed by atoms with Crippen LogP contribution in [0.2, 0.25) is 0 Å². The summed E-state index contributed by atoms with van der Waals surface area (Å²) in [7, 11) is 0. The van der Waals surface area contributed by atoms with Crippen LogP contribution in [-0.4, -0.2) is 6.67 Å². The predicted octanol–water partition coefficient (Wildman–Crippen LogP) is 5.66. The highest BCUT2D eigenvalue weighted by Gasteiger charge is 2.08. The van der Waals surface area contributed by atoms with Gasteiger partial charge in [-0.2, -0.15) is 0 Å². The topological polar surface area (TPSA) is 0 Å². The summed E-state index contributed by atoms with van der Waals surface area (Å²) in [5, 5.41) is 7.15. The van der Waals surface area contributed by atoms with Crippen molar-refractivity contribution in [2.45, 2.75) is 6.42 Å². The number of halogens is 1. The zero-order valence-electron chi connectivity index (χ0n) is 11.6. The maximum atomic E-state index is 13.0. The highest BCUT2D eigenvalue weighted by molar-refractivity contribution is 6.07. The molecular weight excluding hydrogens is 259 g/mol. The summed E-state index contributed by atoms with van der Waals surface area (Å²) >= 11 is 0. The number of fused-ring (bicyclic) bond motifs is 3.